The van der Waals surface area contributed by atoms with Gasteiger partial charge >= 0.3 is 5.97 Å². The van der Waals surface area contributed by atoms with E-state index in [1.165, 1.54) is 7.11 Å². The highest BCUT2D eigenvalue weighted by molar-refractivity contribution is 6.35. The SMILES string of the molecule is CCC(=O)CC(O)C(Cc1ccc(Cl)cc1Cl)C(=O)OC. The number of aliphatic hydroxyl groups excluding tert-OH is 1. The van der Waals surface area contributed by atoms with Gasteiger partial charge in [-0.1, -0.05) is 36.2 Å². The first-order valence-corrected chi connectivity index (χ1v) is 7.36. The highest BCUT2D eigenvalue weighted by atomic mass is 35.5. The Balaban J connectivity index is 2.92. The maximum Gasteiger partial charge on any atom is 0.311 e. The van der Waals surface area contributed by atoms with Crippen molar-refractivity contribution in [1.82, 2.24) is 0 Å². The zero-order valence-corrected chi connectivity index (χ0v) is 13.4. The highest BCUT2D eigenvalue weighted by Crippen LogP contribution is 2.25. The molecule has 0 aliphatic rings. The van der Waals surface area contributed by atoms with Crippen molar-refractivity contribution in [3.05, 3.63) is 33.8 Å². The first-order valence-electron chi connectivity index (χ1n) is 6.60. The van der Waals surface area contributed by atoms with E-state index in [1.54, 1.807) is 25.1 Å². The second kappa shape index (κ2) is 8.37. The number of methoxy groups -OCH3 is 1. The van der Waals surface area contributed by atoms with Crippen molar-refractivity contribution in [2.75, 3.05) is 7.11 Å². The van der Waals surface area contributed by atoms with Gasteiger partial charge in [-0.3, -0.25) is 9.59 Å². The van der Waals surface area contributed by atoms with Crippen molar-refractivity contribution in [2.24, 2.45) is 5.92 Å². The summed E-state index contributed by atoms with van der Waals surface area (Å²) < 4.78 is 4.71. The fraction of sp³-hybridized carbons (Fsp3) is 0.467. The number of benzene rings is 1. The van der Waals surface area contributed by atoms with Gasteiger partial charge in [-0.25, -0.2) is 0 Å². The number of carbonyl (C=O) groups excluding carboxylic acids is 2. The van der Waals surface area contributed by atoms with E-state index in [2.05, 4.69) is 0 Å². The van der Waals surface area contributed by atoms with Gasteiger partial charge in [0.2, 0.25) is 0 Å². The lowest BCUT2D eigenvalue weighted by Gasteiger charge is -2.20. The number of aliphatic hydroxyl groups is 1. The van der Waals surface area contributed by atoms with Crippen molar-refractivity contribution in [3.63, 3.8) is 0 Å². The Morgan fingerprint density at radius 3 is 2.52 bits per heavy atom. The summed E-state index contributed by atoms with van der Waals surface area (Å²) in [6, 6.07) is 4.91. The number of esters is 1. The Kier molecular flexibility index (Phi) is 7.15. The summed E-state index contributed by atoms with van der Waals surface area (Å²) in [4.78, 5) is 23.3. The number of rotatable bonds is 7. The molecule has 1 N–H and O–H groups in total. The molecular weight excluding hydrogens is 315 g/mol. The van der Waals surface area contributed by atoms with E-state index in [1.807, 2.05) is 0 Å². The summed E-state index contributed by atoms with van der Waals surface area (Å²) in [7, 11) is 1.24. The van der Waals surface area contributed by atoms with Crippen LogP contribution in [0.2, 0.25) is 10.0 Å². The smallest absolute Gasteiger partial charge is 0.311 e. The van der Waals surface area contributed by atoms with E-state index >= 15 is 0 Å². The van der Waals surface area contributed by atoms with E-state index in [4.69, 9.17) is 27.9 Å². The van der Waals surface area contributed by atoms with Gasteiger partial charge in [0, 0.05) is 22.9 Å². The van der Waals surface area contributed by atoms with Crippen LogP contribution in [0.15, 0.2) is 18.2 Å². The van der Waals surface area contributed by atoms with E-state index in [0.29, 0.717) is 22.0 Å². The first kappa shape index (κ1) is 18.0. The Hall–Kier alpha value is -1.10. The maximum atomic E-state index is 11.8. The quantitative estimate of drug-likeness (QED) is 0.779. The summed E-state index contributed by atoms with van der Waals surface area (Å²) in [5.41, 5.74) is 0.666. The van der Waals surface area contributed by atoms with Gasteiger partial charge in [-0.15, -0.1) is 0 Å². The van der Waals surface area contributed by atoms with Gasteiger partial charge < -0.3 is 9.84 Å². The minimum atomic E-state index is -1.10. The normalized spacial score (nSPS) is 13.6. The van der Waals surface area contributed by atoms with Crippen LogP contribution < -0.4 is 0 Å². The summed E-state index contributed by atoms with van der Waals surface area (Å²) in [5.74, 6) is -1.53. The number of Topliss-reactive ketones (excluding diaryl/α,β-unsaturated/α-hetero) is 1. The fourth-order valence-electron chi connectivity index (χ4n) is 1.97. The molecule has 2 atom stereocenters. The van der Waals surface area contributed by atoms with Crippen LogP contribution in [0, 0.1) is 5.92 Å². The molecule has 0 saturated heterocycles. The molecule has 0 heterocycles. The molecule has 0 amide bonds. The molecule has 0 radical (unpaired) electrons. The van der Waals surface area contributed by atoms with Crippen molar-refractivity contribution < 1.29 is 19.4 Å². The number of halogens is 2. The summed E-state index contributed by atoms with van der Waals surface area (Å²) in [5, 5.41) is 11.0. The van der Waals surface area contributed by atoms with E-state index in [9.17, 15) is 14.7 Å². The van der Waals surface area contributed by atoms with Crippen LogP contribution in [0.5, 0.6) is 0 Å². The topological polar surface area (TPSA) is 63.6 Å². The standard InChI is InChI=1S/C15H18Cl2O4/c1-3-11(18)8-14(19)12(15(20)21-2)6-9-4-5-10(16)7-13(9)17/h4-5,7,12,14,19H,3,6,8H2,1-2H3. The van der Waals surface area contributed by atoms with Crippen molar-refractivity contribution in [2.45, 2.75) is 32.3 Å². The van der Waals surface area contributed by atoms with Crippen LogP contribution in [0.3, 0.4) is 0 Å². The van der Waals surface area contributed by atoms with E-state index in [0.717, 1.165) is 0 Å². The maximum absolute atomic E-state index is 11.8. The Morgan fingerprint density at radius 2 is 2.00 bits per heavy atom. The highest BCUT2D eigenvalue weighted by Gasteiger charge is 2.30. The van der Waals surface area contributed by atoms with Crippen LogP contribution in [-0.2, 0) is 20.7 Å². The molecule has 0 aliphatic carbocycles. The first-order chi connectivity index (χ1) is 9.88. The van der Waals surface area contributed by atoms with E-state index in [-0.39, 0.29) is 18.6 Å². The van der Waals surface area contributed by atoms with Crippen molar-refractivity contribution in [3.8, 4) is 0 Å². The molecule has 0 aliphatic heterocycles. The molecule has 1 rings (SSSR count). The molecule has 1 aromatic rings. The molecule has 0 bridgehead atoms. The molecule has 0 saturated carbocycles. The predicted octanol–water partition coefficient (Wildman–Crippen LogP) is 3.06. The van der Waals surface area contributed by atoms with Crippen LogP contribution in [0.25, 0.3) is 0 Å². The average molecular weight is 333 g/mol. The largest absolute Gasteiger partial charge is 0.469 e. The summed E-state index contributed by atoms with van der Waals surface area (Å²) >= 11 is 11.9. The number of ketones is 1. The second-order valence-electron chi connectivity index (χ2n) is 4.73. The number of hydrogen-bond donors (Lipinski definition) is 1. The zero-order chi connectivity index (χ0) is 16.0. The lowest BCUT2D eigenvalue weighted by molar-refractivity contribution is -0.149. The third kappa shape index (κ3) is 5.30. The van der Waals surface area contributed by atoms with Gasteiger partial charge in [-0.2, -0.15) is 0 Å². The van der Waals surface area contributed by atoms with Gasteiger partial charge in [0.15, 0.2) is 0 Å². The van der Waals surface area contributed by atoms with Crippen molar-refractivity contribution in [1.29, 1.82) is 0 Å². The monoisotopic (exact) mass is 332 g/mol. The number of carbonyl (C=O) groups is 2. The van der Waals surface area contributed by atoms with Crippen LogP contribution in [0.4, 0.5) is 0 Å². The van der Waals surface area contributed by atoms with E-state index < -0.39 is 18.0 Å². The molecule has 0 aromatic heterocycles. The molecule has 6 heteroatoms. The number of hydrogen-bond acceptors (Lipinski definition) is 4. The van der Waals surface area contributed by atoms with Crippen LogP contribution in [0.1, 0.15) is 25.3 Å². The summed E-state index contributed by atoms with van der Waals surface area (Å²) in [6.45, 7) is 1.71. The second-order valence-corrected chi connectivity index (χ2v) is 5.58. The van der Waals surface area contributed by atoms with Gasteiger partial charge in [0.1, 0.15) is 5.78 Å². The van der Waals surface area contributed by atoms with Crippen LogP contribution >= 0.6 is 23.2 Å². The van der Waals surface area contributed by atoms with Gasteiger partial charge in [0.25, 0.3) is 0 Å². The summed E-state index contributed by atoms with van der Waals surface area (Å²) in [6.07, 6.45) is -0.689. The molecule has 0 spiro atoms. The molecular formula is C15H18Cl2O4. The molecule has 0 fully saturated rings. The molecule has 1 aromatic carbocycles. The van der Waals surface area contributed by atoms with Crippen molar-refractivity contribution >= 4 is 35.0 Å². The Morgan fingerprint density at radius 1 is 1.33 bits per heavy atom. The molecule has 21 heavy (non-hydrogen) atoms. The fourth-order valence-corrected chi connectivity index (χ4v) is 2.46. The molecule has 4 nitrogen and oxygen atoms in total. The predicted molar refractivity (Wildman–Crippen MR) is 81.6 cm³/mol. The lowest BCUT2D eigenvalue weighted by atomic mass is 9.91. The minimum absolute atomic E-state index is 0.0819. The average Bonchev–Trinajstić information content (AvgIpc) is 2.45. The molecule has 116 valence electrons. The van der Waals surface area contributed by atoms with Gasteiger partial charge in [0.05, 0.1) is 19.1 Å². The van der Waals surface area contributed by atoms with Gasteiger partial charge in [-0.05, 0) is 24.1 Å². The lowest BCUT2D eigenvalue weighted by Crippen LogP contribution is -2.33. The Bertz CT molecular complexity index is 516. The third-order valence-corrected chi connectivity index (χ3v) is 3.84. The minimum Gasteiger partial charge on any atom is -0.469 e. The molecule has 2 unspecified atom stereocenters. The number of ether oxygens (including phenoxy) is 1. The zero-order valence-electron chi connectivity index (χ0n) is 11.9. The Labute approximate surface area is 134 Å². The van der Waals surface area contributed by atoms with Crippen LogP contribution in [-0.4, -0.2) is 30.1 Å². The third-order valence-electron chi connectivity index (χ3n) is 3.25.